The van der Waals surface area contributed by atoms with Crippen LogP contribution in [0.2, 0.25) is 0 Å². The Balaban J connectivity index is 2.04. The lowest BCUT2D eigenvalue weighted by Crippen LogP contribution is -2.57. The summed E-state index contributed by atoms with van der Waals surface area (Å²) in [4.78, 5) is 13.9. The zero-order chi connectivity index (χ0) is 12.6. The van der Waals surface area contributed by atoms with E-state index in [9.17, 15) is 9.90 Å². The van der Waals surface area contributed by atoms with Crippen LogP contribution in [0.3, 0.4) is 0 Å². The smallest absolute Gasteiger partial charge is 0.410 e. The first-order valence-electron chi connectivity index (χ1n) is 6.51. The average molecular weight is 241 g/mol. The average Bonchev–Trinajstić information content (AvgIpc) is 2.27. The molecule has 2 aliphatic heterocycles. The number of hydrogen-bond acceptors (Lipinski definition) is 3. The van der Waals surface area contributed by atoms with Gasteiger partial charge >= 0.3 is 6.09 Å². The van der Waals surface area contributed by atoms with Gasteiger partial charge in [-0.15, -0.1) is 0 Å². The molecular weight excluding hydrogens is 218 g/mol. The summed E-state index contributed by atoms with van der Waals surface area (Å²) in [5.74, 6) is 0.791. The number of ether oxygens (including phenoxy) is 1. The van der Waals surface area contributed by atoms with Crippen molar-refractivity contribution in [2.45, 2.75) is 51.7 Å². The monoisotopic (exact) mass is 241 g/mol. The fourth-order valence-corrected chi connectivity index (χ4v) is 3.06. The third kappa shape index (κ3) is 2.73. The molecule has 1 aliphatic carbocycles. The molecule has 0 unspecified atom stereocenters. The van der Waals surface area contributed by atoms with Gasteiger partial charge in [0.2, 0.25) is 0 Å². The maximum atomic E-state index is 12.1. The van der Waals surface area contributed by atoms with E-state index in [2.05, 4.69) is 0 Å². The number of fused-ring (bicyclic) bond motifs is 3. The molecule has 2 saturated heterocycles. The van der Waals surface area contributed by atoms with Gasteiger partial charge in [-0.25, -0.2) is 4.79 Å². The van der Waals surface area contributed by atoms with E-state index in [0.29, 0.717) is 5.92 Å². The van der Waals surface area contributed by atoms with Gasteiger partial charge < -0.3 is 14.7 Å². The van der Waals surface area contributed by atoms with Gasteiger partial charge in [-0.1, -0.05) is 0 Å². The van der Waals surface area contributed by atoms with Gasteiger partial charge in [0.1, 0.15) is 5.60 Å². The van der Waals surface area contributed by atoms with Crippen LogP contribution < -0.4 is 0 Å². The van der Waals surface area contributed by atoms with Crippen molar-refractivity contribution < 1.29 is 14.6 Å². The summed E-state index contributed by atoms with van der Waals surface area (Å²) < 4.78 is 5.43. The SMILES string of the molecule is CC(C)(C)OC(=O)N1C[C@H]2CC[C@H]1[C@@H](CO)C2. The van der Waals surface area contributed by atoms with E-state index < -0.39 is 5.60 Å². The summed E-state index contributed by atoms with van der Waals surface area (Å²) >= 11 is 0. The van der Waals surface area contributed by atoms with Crippen molar-refractivity contribution in [2.75, 3.05) is 13.2 Å². The Bertz CT molecular complexity index is 298. The zero-order valence-electron chi connectivity index (χ0n) is 11.0. The Morgan fingerprint density at radius 3 is 2.65 bits per heavy atom. The maximum absolute atomic E-state index is 12.1. The second-order valence-corrected chi connectivity index (χ2v) is 6.32. The molecule has 4 nitrogen and oxygen atoms in total. The molecule has 17 heavy (non-hydrogen) atoms. The van der Waals surface area contributed by atoms with Crippen LogP contribution in [0.15, 0.2) is 0 Å². The third-order valence-electron chi connectivity index (χ3n) is 3.77. The molecule has 3 fully saturated rings. The molecular formula is C13H23NO3. The van der Waals surface area contributed by atoms with Crippen molar-refractivity contribution in [1.82, 2.24) is 4.90 Å². The van der Waals surface area contributed by atoms with Gasteiger partial charge in [0.05, 0.1) is 0 Å². The first-order chi connectivity index (χ1) is 7.90. The molecule has 0 aromatic carbocycles. The minimum Gasteiger partial charge on any atom is -0.444 e. The second-order valence-electron chi connectivity index (χ2n) is 6.32. The van der Waals surface area contributed by atoms with Crippen LogP contribution in [0.1, 0.15) is 40.0 Å². The first-order valence-corrected chi connectivity index (χ1v) is 6.51. The number of rotatable bonds is 1. The van der Waals surface area contributed by atoms with Gasteiger partial charge in [0.25, 0.3) is 0 Å². The highest BCUT2D eigenvalue weighted by Gasteiger charge is 2.43. The Kier molecular flexibility index (Phi) is 3.34. The molecule has 3 atom stereocenters. The van der Waals surface area contributed by atoms with Crippen molar-refractivity contribution in [2.24, 2.45) is 11.8 Å². The Labute approximate surface area is 103 Å². The highest BCUT2D eigenvalue weighted by molar-refractivity contribution is 5.69. The van der Waals surface area contributed by atoms with Crippen molar-refractivity contribution in [3.63, 3.8) is 0 Å². The maximum Gasteiger partial charge on any atom is 0.410 e. The lowest BCUT2D eigenvalue weighted by Gasteiger charge is -2.49. The predicted molar refractivity (Wildman–Crippen MR) is 64.6 cm³/mol. The molecule has 0 spiro atoms. The molecule has 0 radical (unpaired) electrons. The van der Waals surface area contributed by atoms with Gasteiger partial charge in [0, 0.05) is 25.1 Å². The topological polar surface area (TPSA) is 49.8 Å². The molecule has 4 heteroatoms. The molecule has 2 heterocycles. The molecule has 1 N–H and O–H groups in total. The third-order valence-corrected chi connectivity index (χ3v) is 3.77. The van der Waals surface area contributed by atoms with E-state index in [1.807, 2.05) is 25.7 Å². The van der Waals surface area contributed by atoms with Crippen molar-refractivity contribution >= 4 is 6.09 Å². The number of aliphatic hydroxyl groups is 1. The molecule has 1 amide bonds. The highest BCUT2D eigenvalue weighted by Crippen LogP contribution is 2.39. The Hall–Kier alpha value is -0.770. The van der Waals surface area contributed by atoms with E-state index in [0.717, 1.165) is 19.4 Å². The molecule has 3 aliphatic rings. The molecule has 2 bridgehead atoms. The van der Waals surface area contributed by atoms with Gasteiger partial charge in [0.15, 0.2) is 0 Å². The fraction of sp³-hybridized carbons (Fsp3) is 0.923. The second kappa shape index (κ2) is 4.48. The molecule has 1 saturated carbocycles. The van der Waals surface area contributed by atoms with Gasteiger partial charge in [-0.2, -0.15) is 0 Å². The van der Waals surface area contributed by atoms with Crippen LogP contribution in [0.5, 0.6) is 0 Å². The standard InChI is InChI=1S/C13H23NO3/c1-13(2,3)17-12(16)14-7-9-4-5-11(14)10(6-9)8-15/h9-11,15H,4-8H2,1-3H3/t9-,10+,11-/m0/s1. The Morgan fingerprint density at radius 2 is 2.12 bits per heavy atom. The lowest BCUT2D eigenvalue weighted by molar-refractivity contribution is -0.0417. The number of hydrogen-bond donors (Lipinski definition) is 1. The van der Waals surface area contributed by atoms with Crippen molar-refractivity contribution in [1.29, 1.82) is 0 Å². The van der Waals surface area contributed by atoms with Crippen LogP contribution in [-0.2, 0) is 4.74 Å². The first kappa shape index (κ1) is 12.7. The number of carbonyl (C=O) groups is 1. The minimum atomic E-state index is -0.442. The largest absolute Gasteiger partial charge is 0.444 e. The summed E-state index contributed by atoms with van der Waals surface area (Å²) in [6.45, 7) is 6.64. The number of nitrogens with zero attached hydrogens (tertiary/aromatic N) is 1. The van der Waals surface area contributed by atoms with E-state index in [-0.39, 0.29) is 24.7 Å². The summed E-state index contributed by atoms with van der Waals surface area (Å²) in [7, 11) is 0. The summed E-state index contributed by atoms with van der Waals surface area (Å²) in [5, 5.41) is 9.37. The number of carbonyl (C=O) groups excluding carboxylic acids is 1. The van der Waals surface area contributed by atoms with Crippen molar-refractivity contribution in [3.8, 4) is 0 Å². The summed E-state index contributed by atoms with van der Waals surface area (Å²) in [5.41, 5.74) is -0.442. The molecule has 0 aromatic heterocycles. The van der Waals surface area contributed by atoms with Crippen LogP contribution in [0.4, 0.5) is 4.79 Å². The summed E-state index contributed by atoms with van der Waals surface area (Å²) in [6.07, 6.45) is 3.03. The minimum absolute atomic E-state index is 0.180. The zero-order valence-corrected chi connectivity index (χ0v) is 11.0. The van der Waals surface area contributed by atoms with Crippen LogP contribution >= 0.6 is 0 Å². The Morgan fingerprint density at radius 1 is 1.41 bits per heavy atom. The van der Waals surface area contributed by atoms with Crippen LogP contribution in [0.25, 0.3) is 0 Å². The lowest BCUT2D eigenvalue weighted by atomic mass is 9.73. The van der Waals surface area contributed by atoms with Crippen LogP contribution in [-0.4, -0.2) is 40.9 Å². The normalized spacial score (nSPS) is 32.7. The van der Waals surface area contributed by atoms with Gasteiger partial charge in [-0.05, 0) is 46.0 Å². The number of aliphatic hydroxyl groups excluding tert-OH is 1. The number of amides is 1. The predicted octanol–water partition coefficient (Wildman–Crippen LogP) is 2.01. The highest BCUT2D eigenvalue weighted by atomic mass is 16.6. The van der Waals surface area contributed by atoms with E-state index >= 15 is 0 Å². The van der Waals surface area contributed by atoms with E-state index in [4.69, 9.17) is 4.74 Å². The van der Waals surface area contributed by atoms with Gasteiger partial charge in [-0.3, -0.25) is 0 Å². The fourth-order valence-electron chi connectivity index (χ4n) is 3.06. The molecule has 98 valence electrons. The van der Waals surface area contributed by atoms with Crippen LogP contribution in [0, 0.1) is 11.8 Å². The molecule has 0 aromatic rings. The van der Waals surface area contributed by atoms with Crippen molar-refractivity contribution in [3.05, 3.63) is 0 Å². The van der Waals surface area contributed by atoms with E-state index in [1.54, 1.807) is 0 Å². The summed E-state index contributed by atoms with van der Waals surface area (Å²) in [6, 6.07) is 0.180. The van der Waals surface area contributed by atoms with E-state index in [1.165, 1.54) is 6.42 Å². The number of piperidine rings is 2. The quantitative estimate of drug-likeness (QED) is 0.764. The molecule has 3 rings (SSSR count).